The highest BCUT2D eigenvalue weighted by molar-refractivity contribution is 5.85. The molecule has 6 heteroatoms. The number of hydrogen-bond donors (Lipinski definition) is 2. The third kappa shape index (κ3) is 3.66. The Kier molecular flexibility index (Phi) is 6.40. The van der Waals surface area contributed by atoms with Crippen molar-refractivity contribution in [2.45, 2.75) is 18.9 Å². The van der Waals surface area contributed by atoms with Gasteiger partial charge in [0.2, 0.25) is 0 Å². The molecular weight excluding hydrogens is 241 g/mol. The topological polar surface area (TPSA) is 52.0 Å². The van der Waals surface area contributed by atoms with Gasteiger partial charge in [-0.2, -0.15) is 0 Å². The fourth-order valence-corrected chi connectivity index (χ4v) is 1.32. The fourth-order valence-electron chi connectivity index (χ4n) is 1.32. The minimum atomic E-state index is -1.21. The normalized spacial score (nSPS) is 12.1. The standard InChI is InChI=1S/C10H13F3N2.ClH/c11-7-5-9(13)8(12)4-6(7)10(15)2-1-3-14;/h4-5,10H,1-3,14-15H2;1H/t10-;/m1./s1. The summed E-state index contributed by atoms with van der Waals surface area (Å²) in [6.07, 6.45) is 1.05. The van der Waals surface area contributed by atoms with Crippen LogP contribution in [0.2, 0.25) is 0 Å². The summed E-state index contributed by atoms with van der Waals surface area (Å²) in [5.41, 5.74) is 10.9. The maximum absolute atomic E-state index is 13.2. The highest BCUT2D eigenvalue weighted by Gasteiger charge is 2.15. The minimum Gasteiger partial charge on any atom is -0.330 e. The molecule has 0 aliphatic carbocycles. The molecule has 0 heterocycles. The molecule has 0 aromatic heterocycles. The van der Waals surface area contributed by atoms with Crippen LogP contribution in [0.25, 0.3) is 0 Å². The molecule has 0 radical (unpaired) electrons. The molecule has 0 fully saturated rings. The zero-order valence-electron chi connectivity index (χ0n) is 8.55. The zero-order valence-corrected chi connectivity index (χ0v) is 9.37. The molecule has 1 aromatic carbocycles. The molecule has 0 saturated carbocycles. The summed E-state index contributed by atoms with van der Waals surface area (Å²) in [6, 6.07) is 0.655. The summed E-state index contributed by atoms with van der Waals surface area (Å²) < 4.78 is 38.6. The van der Waals surface area contributed by atoms with E-state index < -0.39 is 23.5 Å². The van der Waals surface area contributed by atoms with Crippen LogP contribution in [-0.2, 0) is 0 Å². The fraction of sp³-hybridized carbons (Fsp3) is 0.400. The van der Waals surface area contributed by atoms with Crippen LogP contribution in [0.3, 0.4) is 0 Å². The lowest BCUT2D eigenvalue weighted by molar-refractivity contribution is 0.480. The van der Waals surface area contributed by atoms with Crippen LogP contribution in [0.15, 0.2) is 12.1 Å². The first kappa shape index (κ1) is 15.2. The van der Waals surface area contributed by atoms with Crippen molar-refractivity contribution in [3.63, 3.8) is 0 Å². The summed E-state index contributed by atoms with van der Waals surface area (Å²) in [6.45, 7) is 0.430. The lowest BCUT2D eigenvalue weighted by atomic mass is 10.0. The van der Waals surface area contributed by atoms with E-state index in [2.05, 4.69) is 0 Å². The Bertz CT molecular complexity index is 347. The molecule has 0 saturated heterocycles. The lowest BCUT2D eigenvalue weighted by Gasteiger charge is -2.12. The quantitative estimate of drug-likeness (QED) is 0.810. The highest BCUT2D eigenvalue weighted by atomic mass is 35.5. The number of benzene rings is 1. The van der Waals surface area contributed by atoms with Gasteiger partial charge in [-0.15, -0.1) is 12.4 Å². The molecule has 1 atom stereocenters. The van der Waals surface area contributed by atoms with Gasteiger partial charge < -0.3 is 11.5 Å². The SMILES string of the molecule is Cl.NCCC[C@@H](N)c1cc(F)c(F)cc1F. The maximum atomic E-state index is 13.2. The van der Waals surface area contributed by atoms with Crippen LogP contribution in [0, 0.1) is 17.5 Å². The second-order valence-corrected chi connectivity index (χ2v) is 3.33. The predicted octanol–water partition coefficient (Wildman–Crippen LogP) is 2.26. The predicted molar refractivity (Wildman–Crippen MR) is 58.8 cm³/mol. The van der Waals surface area contributed by atoms with Crippen molar-refractivity contribution < 1.29 is 13.2 Å². The molecule has 92 valence electrons. The molecular formula is C10H14ClF3N2. The van der Waals surface area contributed by atoms with Crippen LogP contribution in [0.4, 0.5) is 13.2 Å². The van der Waals surface area contributed by atoms with Gasteiger partial charge in [-0.1, -0.05) is 0 Å². The van der Waals surface area contributed by atoms with Crippen molar-refractivity contribution in [3.8, 4) is 0 Å². The van der Waals surface area contributed by atoms with E-state index in [9.17, 15) is 13.2 Å². The Labute approximate surface area is 98.2 Å². The molecule has 0 unspecified atom stereocenters. The first-order valence-corrected chi connectivity index (χ1v) is 4.66. The Balaban J connectivity index is 0.00000225. The Morgan fingerprint density at radius 2 is 1.62 bits per heavy atom. The van der Waals surface area contributed by atoms with Crippen molar-refractivity contribution in [2.75, 3.05) is 6.54 Å². The summed E-state index contributed by atoms with van der Waals surface area (Å²) in [7, 11) is 0. The Morgan fingerprint density at radius 3 is 2.19 bits per heavy atom. The monoisotopic (exact) mass is 254 g/mol. The summed E-state index contributed by atoms with van der Waals surface area (Å²) in [5, 5.41) is 0. The number of rotatable bonds is 4. The second-order valence-electron chi connectivity index (χ2n) is 3.33. The third-order valence-electron chi connectivity index (χ3n) is 2.16. The van der Waals surface area contributed by atoms with E-state index in [1.54, 1.807) is 0 Å². The van der Waals surface area contributed by atoms with Gasteiger partial charge in [-0.25, -0.2) is 13.2 Å². The van der Waals surface area contributed by atoms with E-state index in [0.29, 0.717) is 25.5 Å². The molecule has 0 spiro atoms. The largest absolute Gasteiger partial charge is 0.330 e. The molecule has 2 nitrogen and oxygen atoms in total. The van der Waals surface area contributed by atoms with Crippen molar-refractivity contribution in [3.05, 3.63) is 35.1 Å². The number of nitrogens with two attached hydrogens (primary N) is 2. The second kappa shape index (κ2) is 6.73. The maximum Gasteiger partial charge on any atom is 0.161 e. The first-order valence-electron chi connectivity index (χ1n) is 4.66. The summed E-state index contributed by atoms with van der Waals surface area (Å²) in [5.74, 6) is -3.12. The van der Waals surface area contributed by atoms with Crippen LogP contribution in [0.5, 0.6) is 0 Å². The molecule has 0 bridgehead atoms. The molecule has 0 aliphatic rings. The zero-order chi connectivity index (χ0) is 11.4. The van der Waals surface area contributed by atoms with Gasteiger partial charge >= 0.3 is 0 Å². The molecule has 4 N–H and O–H groups in total. The lowest BCUT2D eigenvalue weighted by Crippen LogP contribution is -2.14. The van der Waals surface area contributed by atoms with Gasteiger partial charge in [0.05, 0.1) is 0 Å². The van der Waals surface area contributed by atoms with Crippen molar-refractivity contribution >= 4 is 12.4 Å². The van der Waals surface area contributed by atoms with Crippen LogP contribution in [-0.4, -0.2) is 6.54 Å². The summed E-state index contributed by atoms with van der Waals surface area (Å²) in [4.78, 5) is 0. The van der Waals surface area contributed by atoms with E-state index in [1.807, 2.05) is 0 Å². The molecule has 0 amide bonds. The number of halogens is 4. The molecule has 0 aliphatic heterocycles. The van der Waals surface area contributed by atoms with E-state index >= 15 is 0 Å². The van der Waals surface area contributed by atoms with Crippen LogP contribution >= 0.6 is 12.4 Å². The van der Waals surface area contributed by atoms with Crippen molar-refractivity contribution in [2.24, 2.45) is 11.5 Å². The Hall–Kier alpha value is -0.780. The molecule has 16 heavy (non-hydrogen) atoms. The summed E-state index contributed by atoms with van der Waals surface area (Å²) >= 11 is 0. The average Bonchev–Trinajstić information content (AvgIpc) is 2.20. The van der Waals surface area contributed by atoms with Gasteiger partial charge in [-0.05, 0) is 25.5 Å². The van der Waals surface area contributed by atoms with Gasteiger partial charge in [0, 0.05) is 17.7 Å². The van der Waals surface area contributed by atoms with Gasteiger partial charge in [0.15, 0.2) is 11.6 Å². The molecule has 1 rings (SSSR count). The van der Waals surface area contributed by atoms with Crippen molar-refractivity contribution in [1.82, 2.24) is 0 Å². The van der Waals surface area contributed by atoms with E-state index in [1.165, 1.54) is 0 Å². The van der Waals surface area contributed by atoms with Gasteiger partial charge in [-0.3, -0.25) is 0 Å². The average molecular weight is 255 g/mol. The van der Waals surface area contributed by atoms with E-state index in [-0.39, 0.29) is 18.0 Å². The number of hydrogen-bond acceptors (Lipinski definition) is 2. The first-order chi connectivity index (χ1) is 7.06. The van der Waals surface area contributed by atoms with E-state index in [4.69, 9.17) is 11.5 Å². The third-order valence-corrected chi connectivity index (χ3v) is 2.16. The van der Waals surface area contributed by atoms with E-state index in [0.717, 1.165) is 6.07 Å². The Morgan fingerprint density at radius 1 is 1.06 bits per heavy atom. The highest BCUT2D eigenvalue weighted by Crippen LogP contribution is 2.21. The minimum absolute atomic E-state index is 0. The van der Waals surface area contributed by atoms with Crippen molar-refractivity contribution in [1.29, 1.82) is 0 Å². The van der Waals surface area contributed by atoms with Gasteiger partial charge in [0.25, 0.3) is 0 Å². The van der Waals surface area contributed by atoms with Crippen LogP contribution < -0.4 is 11.5 Å². The molecule has 1 aromatic rings. The van der Waals surface area contributed by atoms with Gasteiger partial charge in [0.1, 0.15) is 5.82 Å². The smallest absolute Gasteiger partial charge is 0.161 e. The van der Waals surface area contributed by atoms with Crippen LogP contribution in [0.1, 0.15) is 24.4 Å².